The van der Waals surface area contributed by atoms with E-state index in [-0.39, 0.29) is 5.91 Å². The van der Waals surface area contributed by atoms with Crippen molar-refractivity contribution in [2.24, 2.45) is 11.8 Å². The highest BCUT2D eigenvalue weighted by atomic mass is 35.5. The second-order valence-electron chi connectivity index (χ2n) is 5.93. The van der Waals surface area contributed by atoms with Gasteiger partial charge in [0.2, 0.25) is 5.91 Å². The number of thioether (sulfide) groups is 1. The van der Waals surface area contributed by atoms with Crippen LogP contribution in [0, 0.1) is 11.8 Å². The van der Waals surface area contributed by atoms with Gasteiger partial charge in [0, 0.05) is 16.8 Å². The summed E-state index contributed by atoms with van der Waals surface area (Å²) in [7, 11) is 0. The first kappa shape index (κ1) is 14.3. The smallest absolute Gasteiger partial charge is 0.230 e. The van der Waals surface area contributed by atoms with E-state index in [0.29, 0.717) is 11.8 Å². The van der Waals surface area contributed by atoms with Crippen LogP contribution >= 0.6 is 23.4 Å². The van der Waals surface area contributed by atoms with Crippen LogP contribution in [0.3, 0.4) is 0 Å². The van der Waals surface area contributed by atoms with E-state index in [1.165, 1.54) is 25.7 Å². The molecule has 1 aromatic rings. The average Bonchev–Trinajstić information content (AvgIpc) is 3.03. The molecule has 2 aliphatic rings. The number of carbonyl (C=O) groups is 1. The van der Waals surface area contributed by atoms with Crippen molar-refractivity contribution in [1.82, 2.24) is 5.32 Å². The minimum absolute atomic E-state index is 0.180. The molecule has 2 saturated carbocycles. The standard InChI is InChI=1S/C16H20ClNOS/c17-14-4-2-1-3-13(14)9-20-10-16(19)18-15-8-11-5-6-12(15)7-11/h1-4,11-12,15H,5-10H2,(H,18,19)/t11-,12-,15+/m0/s1. The maximum absolute atomic E-state index is 12.0. The Morgan fingerprint density at radius 2 is 2.15 bits per heavy atom. The summed E-state index contributed by atoms with van der Waals surface area (Å²) in [5.41, 5.74) is 1.10. The number of carbonyl (C=O) groups excluding carboxylic acids is 1. The molecule has 2 bridgehead atoms. The van der Waals surface area contributed by atoms with Crippen molar-refractivity contribution in [3.63, 3.8) is 0 Å². The third kappa shape index (κ3) is 3.32. The lowest BCUT2D eigenvalue weighted by Crippen LogP contribution is -2.39. The second kappa shape index (κ2) is 6.40. The maximum atomic E-state index is 12.0. The van der Waals surface area contributed by atoms with E-state index in [1.54, 1.807) is 11.8 Å². The highest BCUT2D eigenvalue weighted by Gasteiger charge is 2.39. The van der Waals surface area contributed by atoms with Crippen LogP contribution in [0.1, 0.15) is 31.2 Å². The first-order valence-electron chi connectivity index (χ1n) is 7.33. The fraction of sp³-hybridized carbons (Fsp3) is 0.562. The van der Waals surface area contributed by atoms with Crippen LogP contribution in [0.4, 0.5) is 0 Å². The first-order chi connectivity index (χ1) is 9.72. The van der Waals surface area contributed by atoms with Crippen LogP contribution in [0.2, 0.25) is 5.02 Å². The Labute approximate surface area is 129 Å². The van der Waals surface area contributed by atoms with E-state index in [0.717, 1.165) is 28.2 Å². The van der Waals surface area contributed by atoms with Gasteiger partial charge in [0.1, 0.15) is 0 Å². The summed E-state index contributed by atoms with van der Waals surface area (Å²) < 4.78 is 0. The molecular weight excluding hydrogens is 290 g/mol. The van der Waals surface area contributed by atoms with Gasteiger partial charge in [-0.25, -0.2) is 0 Å². The molecule has 2 fully saturated rings. The maximum Gasteiger partial charge on any atom is 0.230 e. The van der Waals surface area contributed by atoms with Crippen LogP contribution in [0.15, 0.2) is 24.3 Å². The predicted molar refractivity (Wildman–Crippen MR) is 85.0 cm³/mol. The molecule has 2 nitrogen and oxygen atoms in total. The SMILES string of the molecule is O=C(CSCc1ccccc1Cl)N[C@@H]1C[C@H]2CC[C@H]1C2. The minimum Gasteiger partial charge on any atom is -0.352 e. The van der Waals surface area contributed by atoms with Crippen molar-refractivity contribution in [3.05, 3.63) is 34.9 Å². The van der Waals surface area contributed by atoms with E-state index < -0.39 is 0 Å². The molecule has 4 heteroatoms. The third-order valence-electron chi connectivity index (χ3n) is 4.53. The molecule has 0 saturated heterocycles. The molecule has 0 aromatic heterocycles. The molecule has 0 heterocycles. The van der Waals surface area contributed by atoms with Gasteiger partial charge in [-0.2, -0.15) is 0 Å². The Balaban J connectivity index is 1.40. The summed E-state index contributed by atoms with van der Waals surface area (Å²) >= 11 is 7.74. The molecule has 3 atom stereocenters. The Morgan fingerprint density at radius 3 is 2.85 bits per heavy atom. The fourth-order valence-electron chi connectivity index (χ4n) is 3.54. The Morgan fingerprint density at radius 1 is 1.30 bits per heavy atom. The van der Waals surface area contributed by atoms with E-state index in [9.17, 15) is 4.79 Å². The van der Waals surface area contributed by atoms with Crippen LogP contribution in [-0.4, -0.2) is 17.7 Å². The van der Waals surface area contributed by atoms with E-state index in [1.807, 2.05) is 24.3 Å². The van der Waals surface area contributed by atoms with Crippen LogP contribution in [0.25, 0.3) is 0 Å². The highest BCUT2D eigenvalue weighted by Crippen LogP contribution is 2.44. The Bertz CT molecular complexity index is 493. The first-order valence-corrected chi connectivity index (χ1v) is 8.86. The van der Waals surface area contributed by atoms with Gasteiger partial charge < -0.3 is 5.32 Å². The number of hydrogen-bond donors (Lipinski definition) is 1. The number of rotatable bonds is 5. The summed E-state index contributed by atoms with van der Waals surface area (Å²) in [4.78, 5) is 12.0. The van der Waals surface area contributed by atoms with Crippen molar-refractivity contribution in [2.45, 2.75) is 37.5 Å². The average molecular weight is 310 g/mol. The molecule has 1 N–H and O–H groups in total. The monoisotopic (exact) mass is 309 g/mol. The number of nitrogens with one attached hydrogen (secondary N) is 1. The second-order valence-corrected chi connectivity index (χ2v) is 7.33. The zero-order chi connectivity index (χ0) is 13.9. The number of fused-ring (bicyclic) bond motifs is 2. The lowest BCUT2D eigenvalue weighted by atomic mass is 9.95. The van der Waals surface area contributed by atoms with Gasteiger partial charge in [-0.15, -0.1) is 11.8 Å². The fourth-order valence-corrected chi connectivity index (χ4v) is 4.66. The molecule has 1 amide bonds. The number of hydrogen-bond acceptors (Lipinski definition) is 2. The summed E-state index contributed by atoms with van der Waals surface area (Å²) in [6.07, 6.45) is 5.21. The topological polar surface area (TPSA) is 29.1 Å². The van der Waals surface area contributed by atoms with Crippen LogP contribution in [0.5, 0.6) is 0 Å². The molecule has 0 aliphatic heterocycles. The van der Waals surface area contributed by atoms with Gasteiger partial charge in [-0.1, -0.05) is 36.2 Å². The van der Waals surface area contributed by atoms with Crippen molar-refractivity contribution in [1.29, 1.82) is 0 Å². The van der Waals surface area contributed by atoms with Crippen LogP contribution in [-0.2, 0) is 10.5 Å². The minimum atomic E-state index is 0.180. The Hall–Kier alpha value is -0.670. The van der Waals surface area contributed by atoms with Gasteiger partial charge in [0.05, 0.1) is 5.75 Å². The molecule has 3 rings (SSSR count). The lowest BCUT2D eigenvalue weighted by Gasteiger charge is -2.22. The number of benzene rings is 1. The van der Waals surface area contributed by atoms with Crippen molar-refractivity contribution in [2.75, 3.05) is 5.75 Å². The summed E-state index contributed by atoms with van der Waals surface area (Å²) in [5, 5.41) is 4.00. The van der Waals surface area contributed by atoms with Gasteiger partial charge in [0.15, 0.2) is 0 Å². The molecule has 108 valence electrons. The number of amides is 1. The van der Waals surface area contributed by atoms with Crippen LogP contribution < -0.4 is 5.32 Å². The van der Waals surface area contributed by atoms with Crippen molar-refractivity contribution in [3.8, 4) is 0 Å². The summed E-state index contributed by atoms with van der Waals surface area (Å²) in [6, 6.07) is 8.27. The normalized spacial score (nSPS) is 27.8. The zero-order valence-corrected chi connectivity index (χ0v) is 13.1. The summed E-state index contributed by atoms with van der Waals surface area (Å²) in [5.74, 6) is 3.13. The molecular formula is C16H20ClNOS. The molecule has 0 unspecified atom stereocenters. The van der Waals surface area contributed by atoms with Crippen molar-refractivity contribution < 1.29 is 4.79 Å². The Kier molecular flexibility index (Phi) is 4.57. The summed E-state index contributed by atoms with van der Waals surface area (Å²) in [6.45, 7) is 0. The van der Waals surface area contributed by atoms with Gasteiger partial charge in [-0.05, 0) is 42.7 Å². The molecule has 20 heavy (non-hydrogen) atoms. The zero-order valence-electron chi connectivity index (χ0n) is 11.5. The van der Waals surface area contributed by atoms with Crippen molar-refractivity contribution >= 4 is 29.3 Å². The quantitative estimate of drug-likeness (QED) is 0.894. The predicted octanol–water partition coefficient (Wildman–Crippen LogP) is 3.88. The largest absolute Gasteiger partial charge is 0.352 e. The van der Waals surface area contributed by atoms with Gasteiger partial charge in [-0.3, -0.25) is 4.79 Å². The highest BCUT2D eigenvalue weighted by molar-refractivity contribution is 7.99. The van der Waals surface area contributed by atoms with E-state index >= 15 is 0 Å². The van der Waals surface area contributed by atoms with Gasteiger partial charge in [0.25, 0.3) is 0 Å². The lowest BCUT2D eigenvalue weighted by molar-refractivity contribution is -0.119. The third-order valence-corrected chi connectivity index (χ3v) is 5.88. The molecule has 2 aliphatic carbocycles. The number of halogens is 1. The molecule has 0 spiro atoms. The van der Waals surface area contributed by atoms with E-state index in [4.69, 9.17) is 11.6 Å². The molecule has 1 aromatic carbocycles. The van der Waals surface area contributed by atoms with E-state index in [2.05, 4.69) is 5.32 Å². The molecule has 0 radical (unpaired) electrons. The van der Waals surface area contributed by atoms with Gasteiger partial charge >= 0.3 is 0 Å².